The van der Waals surface area contributed by atoms with E-state index >= 15 is 0 Å². The van der Waals surface area contributed by atoms with Crippen molar-refractivity contribution in [3.63, 3.8) is 0 Å². The van der Waals surface area contributed by atoms with E-state index < -0.39 is 0 Å². The van der Waals surface area contributed by atoms with Gasteiger partial charge in [-0.1, -0.05) is 25.4 Å². The number of hydrogen-bond donors (Lipinski definition) is 1. The highest BCUT2D eigenvalue weighted by molar-refractivity contribution is 6.33. The fourth-order valence-corrected chi connectivity index (χ4v) is 1.95. The molecule has 0 aliphatic heterocycles. The third-order valence-electron chi connectivity index (χ3n) is 2.81. The molecule has 0 aliphatic carbocycles. The van der Waals surface area contributed by atoms with Crippen molar-refractivity contribution in [3.05, 3.63) is 22.8 Å². The third-order valence-corrected chi connectivity index (χ3v) is 3.11. The van der Waals surface area contributed by atoms with Crippen molar-refractivity contribution < 1.29 is 4.79 Å². The molecule has 1 aromatic rings. The van der Waals surface area contributed by atoms with E-state index in [1.165, 1.54) is 6.20 Å². The van der Waals surface area contributed by atoms with Crippen LogP contribution >= 0.6 is 11.6 Å². The molecule has 0 spiro atoms. The van der Waals surface area contributed by atoms with E-state index in [0.717, 1.165) is 6.54 Å². The van der Waals surface area contributed by atoms with E-state index in [-0.39, 0.29) is 11.7 Å². The molecule has 5 nitrogen and oxygen atoms in total. The second-order valence-corrected chi connectivity index (χ2v) is 5.95. The Hall–Kier alpha value is -1.33. The number of halogens is 1. The number of carbonyl (C=O) groups is 1. The maximum absolute atomic E-state index is 12.5. The zero-order chi connectivity index (χ0) is 15.3. The Balaban J connectivity index is 2.87. The lowest BCUT2D eigenvalue weighted by Crippen LogP contribution is -2.39. The highest BCUT2D eigenvalue weighted by Gasteiger charge is 2.18. The van der Waals surface area contributed by atoms with Gasteiger partial charge in [-0.2, -0.15) is 0 Å². The molecule has 1 amide bonds. The predicted octanol–water partition coefficient (Wildman–Crippen LogP) is 1.98. The molecule has 0 bridgehead atoms. The van der Waals surface area contributed by atoms with Crippen LogP contribution in [-0.4, -0.2) is 54.4 Å². The summed E-state index contributed by atoms with van der Waals surface area (Å²) in [6.45, 7) is 6.36. The normalized spacial score (nSPS) is 11.2. The first kappa shape index (κ1) is 16.7. The van der Waals surface area contributed by atoms with Crippen LogP contribution in [-0.2, 0) is 0 Å². The van der Waals surface area contributed by atoms with E-state index in [4.69, 9.17) is 17.3 Å². The van der Waals surface area contributed by atoms with Gasteiger partial charge in [-0.15, -0.1) is 0 Å². The van der Waals surface area contributed by atoms with Gasteiger partial charge in [0.1, 0.15) is 5.82 Å². The van der Waals surface area contributed by atoms with Crippen molar-refractivity contribution >= 4 is 23.3 Å². The zero-order valence-corrected chi connectivity index (χ0v) is 13.3. The number of hydrogen-bond acceptors (Lipinski definition) is 4. The van der Waals surface area contributed by atoms with Crippen molar-refractivity contribution in [3.8, 4) is 0 Å². The molecule has 20 heavy (non-hydrogen) atoms. The van der Waals surface area contributed by atoms with Gasteiger partial charge in [-0.3, -0.25) is 4.79 Å². The highest BCUT2D eigenvalue weighted by Crippen LogP contribution is 2.18. The van der Waals surface area contributed by atoms with E-state index in [9.17, 15) is 4.79 Å². The summed E-state index contributed by atoms with van der Waals surface area (Å²) in [5.74, 6) is 0.584. The third kappa shape index (κ3) is 4.98. The molecule has 0 aromatic carbocycles. The Labute approximate surface area is 125 Å². The number of nitrogens with two attached hydrogens (primary N) is 1. The molecule has 0 fully saturated rings. The van der Waals surface area contributed by atoms with Crippen LogP contribution in [0.1, 0.15) is 24.2 Å². The molecule has 112 valence electrons. The first-order valence-electron chi connectivity index (χ1n) is 6.66. The number of rotatable bonds is 6. The summed E-state index contributed by atoms with van der Waals surface area (Å²) in [7, 11) is 3.97. The van der Waals surface area contributed by atoms with Crippen LogP contribution in [0.2, 0.25) is 5.02 Å². The predicted molar refractivity (Wildman–Crippen MR) is 83.0 cm³/mol. The summed E-state index contributed by atoms with van der Waals surface area (Å²) in [5.41, 5.74) is 6.05. The second-order valence-electron chi connectivity index (χ2n) is 5.54. The van der Waals surface area contributed by atoms with Crippen LogP contribution in [0.3, 0.4) is 0 Å². The summed E-state index contributed by atoms with van der Waals surface area (Å²) in [6.07, 6.45) is 1.48. The molecular weight excluding hydrogens is 276 g/mol. The van der Waals surface area contributed by atoms with Crippen molar-refractivity contribution in [1.82, 2.24) is 14.8 Å². The van der Waals surface area contributed by atoms with E-state index in [1.54, 1.807) is 6.07 Å². The molecule has 6 heteroatoms. The maximum atomic E-state index is 12.5. The van der Waals surface area contributed by atoms with Crippen LogP contribution in [0.4, 0.5) is 5.82 Å². The zero-order valence-electron chi connectivity index (χ0n) is 12.6. The maximum Gasteiger partial charge on any atom is 0.255 e. The Kier molecular flexibility index (Phi) is 6.23. The van der Waals surface area contributed by atoms with Gasteiger partial charge in [-0.05, 0) is 26.1 Å². The lowest BCUT2D eigenvalue weighted by molar-refractivity contribution is 0.0724. The summed E-state index contributed by atoms with van der Waals surface area (Å²) in [5, 5.41) is 0.313. The molecule has 0 aliphatic rings. The Morgan fingerprint density at radius 1 is 1.40 bits per heavy atom. The van der Waals surface area contributed by atoms with Gasteiger partial charge < -0.3 is 15.5 Å². The van der Waals surface area contributed by atoms with Crippen LogP contribution in [0, 0.1) is 5.92 Å². The number of pyridine rings is 1. The first-order valence-corrected chi connectivity index (χ1v) is 7.04. The molecule has 0 saturated carbocycles. The minimum Gasteiger partial charge on any atom is -0.382 e. The minimum absolute atomic E-state index is 0.0602. The van der Waals surface area contributed by atoms with Gasteiger partial charge in [0.15, 0.2) is 0 Å². The lowest BCUT2D eigenvalue weighted by atomic mass is 10.1. The molecule has 2 N–H and O–H groups in total. The van der Waals surface area contributed by atoms with Crippen molar-refractivity contribution in [2.24, 2.45) is 5.92 Å². The number of aromatic nitrogens is 1. The van der Waals surface area contributed by atoms with Crippen molar-refractivity contribution in [2.45, 2.75) is 13.8 Å². The highest BCUT2D eigenvalue weighted by atomic mass is 35.5. The largest absolute Gasteiger partial charge is 0.382 e. The Morgan fingerprint density at radius 2 is 2.05 bits per heavy atom. The van der Waals surface area contributed by atoms with Crippen molar-refractivity contribution in [2.75, 3.05) is 39.5 Å². The van der Waals surface area contributed by atoms with Crippen molar-refractivity contribution in [1.29, 1.82) is 0 Å². The Morgan fingerprint density at radius 3 is 2.55 bits per heavy atom. The Bertz CT molecular complexity index is 462. The average Bonchev–Trinajstić information content (AvgIpc) is 2.36. The lowest BCUT2D eigenvalue weighted by Gasteiger charge is -2.26. The fourth-order valence-electron chi connectivity index (χ4n) is 1.79. The number of likely N-dealkylation sites (N-methyl/N-ethyl adjacent to an activating group) is 1. The van der Waals surface area contributed by atoms with Gasteiger partial charge in [-0.25, -0.2) is 4.98 Å². The number of amides is 1. The standard InChI is InChI=1S/C14H23ClN4O/c1-10(2)9-19(6-5-18(3)4)14(20)11-7-12(15)13(16)17-8-11/h7-8,10H,5-6,9H2,1-4H3,(H2,16,17). The van der Waals surface area contributed by atoms with Gasteiger partial charge >= 0.3 is 0 Å². The number of anilines is 1. The summed E-state index contributed by atoms with van der Waals surface area (Å²) >= 11 is 5.93. The van der Waals surface area contributed by atoms with Crippen LogP contribution < -0.4 is 5.73 Å². The van der Waals surface area contributed by atoms with Gasteiger partial charge in [0.2, 0.25) is 0 Å². The van der Waals surface area contributed by atoms with Crippen LogP contribution in [0.5, 0.6) is 0 Å². The molecule has 1 heterocycles. The fraction of sp³-hybridized carbons (Fsp3) is 0.571. The summed E-state index contributed by atoms with van der Waals surface area (Å²) < 4.78 is 0. The van der Waals surface area contributed by atoms with E-state index in [2.05, 4.69) is 23.7 Å². The quantitative estimate of drug-likeness (QED) is 0.872. The van der Waals surface area contributed by atoms with E-state index in [1.807, 2.05) is 19.0 Å². The average molecular weight is 299 g/mol. The number of nitrogens with zero attached hydrogens (tertiary/aromatic N) is 3. The van der Waals surface area contributed by atoms with Gasteiger partial charge in [0, 0.05) is 25.8 Å². The van der Waals surface area contributed by atoms with Gasteiger partial charge in [0.05, 0.1) is 10.6 Å². The SMILES string of the molecule is CC(C)CN(CCN(C)C)C(=O)c1cnc(N)c(Cl)c1. The first-order chi connectivity index (χ1) is 9.31. The number of carbonyl (C=O) groups excluding carboxylic acids is 1. The molecular formula is C14H23ClN4O. The molecule has 1 rings (SSSR count). The summed E-state index contributed by atoms with van der Waals surface area (Å²) in [4.78, 5) is 20.3. The summed E-state index contributed by atoms with van der Waals surface area (Å²) in [6, 6.07) is 1.58. The monoisotopic (exact) mass is 298 g/mol. The minimum atomic E-state index is -0.0602. The van der Waals surface area contributed by atoms with Crippen LogP contribution in [0.25, 0.3) is 0 Å². The van der Waals surface area contributed by atoms with Crippen LogP contribution in [0.15, 0.2) is 12.3 Å². The molecule has 1 aromatic heterocycles. The topological polar surface area (TPSA) is 62.5 Å². The van der Waals surface area contributed by atoms with Gasteiger partial charge in [0.25, 0.3) is 5.91 Å². The second kappa shape index (κ2) is 7.45. The molecule has 0 unspecified atom stereocenters. The molecule has 0 atom stereocenters. The van der Waals surface area contributed by atoms with E-state index in [0.29, 0.717) is 29.6 Å². The number of nitrogen functional groups attached to an aromatic ring is 1. The molecule has 0 radical (unpaired) electrons. The molecule has 0 saturated heterocycles. The smallest absolute Gasteiger partial charge is 0.255 e.